The molecular weight excluding hydrogens is 1130 g/mol. The Morgan fingerprint density at radius 3 is 0.906 bits per heavy atom. The van der Waals surface area contributed by atoms with Crippen LogP contribution in [0, 0.1) is 0 Å². The number of carbonyl (C=O) groups is 5. The predicted molar refractivity (Wildman–Crippen MR) is 357 cm³/mol. The van der Waals surface area contributed by atoms with Crippen molar-refractivity contribution in [3.05, 3.63) is 62.0 Å². The van der Waals surface area contributed by atoms with Gasteiger partial charge in [0, 0.05) is 50.2 Å². The van der Waals surface area contributed by atoms with Gasteiger partial charge < -0.3 is 65.8 Å². The molecule has 2 fully saturated rings. The number of amides is 2. The Morgan fingerprint density at radius 2 is 0.753 bits per heavy atom. The van der Waals surface area contributed by atoms with Gasteiger partial charge in [0.15, 0.2) is 0 Å². The molecule has 2 N–H and O–H groups in total. The highest BCUT2D eigenvalue weighted by Gasteiger charge is 2.10. The zero-order valence-corrected chi connectivity index (χ0v) is 59.4. The second-order valence-electron chi connectivity index (χ2n) is 24.5. The molecule has 0 spiro atoms. The lowest BCUT2D eigenvalue weighted by atomic mass is 10.0. The zero-order valence-electron chi connectivity index (χ0n) is 57.8. The summed E-state index contributed by atoms with van der Waals surface area (Å²) in [7, 11) is 16.6. The van der Waals surface area contributed by atoms with E-state index in [4.69, 9.17) is 9.47 Å². The van der Waals surface area contributed by atoms with Crippen LogP contribution in [0.25, 0.3) is 0 Å². The van der Waals surface area contributed by atoms with E-state index in [1.807, 2.05) is 57.3 Å². The highest BCUT2D eigenvalue weighted by Crippen LogP contribution is 2.15. The number of hydrogen-bond acceptors (Lipinski definition) is 10. The fraction of sp³-hybridized carbons (Fsp3) is 0.786. The van der Waals surface area contributed by atoms with Gasteiger partial charge in [-0.25, -0.2) is 9.59 Å². The number of rotatable bonds is 43. The zero-order chi connectivity index (χ0) is 64.7. The molecule has 0 aromatic rings. The largest absolute Gasteiger partial charge is 1.00 e. The SMILES string of the molecule is C=C(C)C(=O)OCCN(C)C.C=C(C)C(=O)OCCN(C)C.C=C(CCC)C(=O)[O-].C=C[N+](C)(C)CCCCCCCCCCCCCCCC.C=C[N+](C)(C)CCCCCCCCCCCCCCCC.O=C1CCCN1.O=C1CCCN1.[Br-]. The molecule has 0 aromatic heterocycles. The van der Waals surface area contributed by atoms with Gasteiger partial charge in [0.1, 0.15) is 13.2 Å². The van der Waals surface area contributed by atoms with E-state index in [9.17, 15) is 29.1 Å². The van der Waals surface area contributed by atoms with Crippen LogP contribution in [0.2, 0.25) is 0 Å². The van der Waals surface area contributed by atoms with E-state index in [0.29, 0.717) is 30.8 Å². The first-order valence-electron chi connectivity index (χ1n) is 33.1. The Bertz CT molecular complexity index is 1530. The average molecular weight is 1270 g/mol. The molecule has 0 unspecified atom stereocenters. The lowest BCUT2D eigenvalue weighted by Gasteiger charge is -2.24. The van der Waals surface area contributed by atoms with Crippen molar-refractivity contribution in [2.24, 2.45) is 0 Å². The van der Waals surface area contributed by atoms with Gasteiger partial charge in [-0.05, 0) is 106 Å². The number of unbranched alkanes of at least 4 members (excludes halogenated alkanes) is 26. The van der Waals surface area contributed by atoms with Gasteiger partial charge in [-0.15, -0.1) is 0 Å². The third kappa shape index (κ3) is 82.5. The average Bonchev–Trinajstić information content (AvgIpc) is 4.15. The van der Waals surface area contributed by atoms with Gasteiger partial charge in [0.25, 0.3) is 0 Å². The first-order valence-corrected chi connectivity index (χ1v) is 33.1. The highest BCUT2D eigenvalue weighted by molar-refractivity contribution is 5.87. The van der Waals surface area contributed by atoms with Crippen molar-refractivity contribution in [1.29, 1.82) is 0 Å². The Kier molecular flexibility index (Phi) is 73.9. The van der Waals surface area contributed by atoms with Gasteiger partial charge in [-0.3, -0.25) is 9.59 Å². The summed E-state index contributed by atoms with van der Waals surface area (Å²) in [6.07, 6.45) is 49.2. The van der Waals surface area contributed by atoms with Crippen LogP contribution in [0.15, 0.2) is 62.0 Å². The molecule has 0 aliphatic carbocycles. The minimum atomic E-state index is -1.13. The van der Waals surface area contributed by atoms with Crippen molar-refractivity contribution < 1.29 is 64.5 Å². The molecule has 0 radical (unpaired) electrons. The van der Waals surface area contributed by atoms with Crippen molar-refractivity contribution in [3.63, 3.8) is 0 Å². The third-order valence-electron chi connectivity index (χ3n) is 14.1. The standard InChI is InChI=1S/2C20H42N.2C8H15NO2.C6H10O2.2C4H7NO.BrH/c2*1-5-7-8-9-10-11-12-13-14-15-16-17-18-19-20-21(3,4)6-2;2*1-7(2)8(10)11-6-5-9(3)4;1-3-4-5(2)6(7)8;2*6-4-2-1-3-5-4;/h2*6H,2,5,7-20H2,1,3-4H3;2*1,5-6H2,2-4H3;2-4H2,1H3,(H,7,8);2*1-3H2,(H,5,6);1H/q2*+1;;;;;;/p-2. The van der Waals surface area contributed by atoms with Crippen LogP contribution in [-0.2, 0) is 33.4 Å². The normalized spacial score (nSPS) is 12.1. The topological polar surface area (TPSA) is 157 Å². The summed E-state index contributed by atoms with van der Waals surface area (Å²) in [5.74, 6) is -1.35. The Hall–Kier alpha value is -3.63. The van der Waals surface area contributed by atoms with Gasteiger partial charge in [-0.2, -0.15) is 0 Å². The fourth-order valence-corrected chi connectivity index (χ4v) is 8.03. The van der Waals surface area contributed by atoms with Crippen LogP contribution < -0.4 is 32.7 Å². The molecule has 2 amide bonds. The number of ether oxygens (including phenoxy) is 2. The molecule has 2 rings (SSSR count). The molecule has 0 atom stereocenters. The summed E-state index contributed by atoms with van der Waals surface area (Å²) in [4.78, 5) is 55.6. The van der Waals surface area contributed by atoms with Gasteiger partial charge >= 0.3 is 11.9 Å². The van der Waals surface area contributed by atoms with E-state index >= 15 is 0 Å². The Balaban J connectivity index is -0.000000225. The minimum Gasteiger partial charge on any atom is -1.00 e. The van der Waals surface area contributed by atoms with E-state index in [-0.39, 0.29) is 46.3 Å². The van der Waals surface area contributed by atoms with Crippen molar-refractivity contribution in [2.45, 2.75) is 253 Å². The molecule has 2 aliphatic heterocycles. The number of carboxylic acid groups (broad SMARTS) is 1. The summed E-state index contributed by atoms with van der Waals surface area (Å²) in [6.45, 7) is 34.3. The number of nitrogens with one attached hydrogen (secondary N) is 2. The molecule has 2 heterocycles. The summed E-state index contributed by atoms with van der Waals surface area (Å²) in [5.41, 5.74) is 1.08. The van der Waals surface area contributed by atoms with Crippen LogP contribution in [0.5, 0.6) is 0 Å². The van der Waals surface area contributed by atoms with Crippen LogP contribution in [0.1, 0.15) is 253 Å². The van der Waals surface area contributed by atoms with Gasteiger partial charge in [0.2, 0.25) is 11.8 Å². The highest BCUT2D eigenvalue weighted by atomic mass is 79.9. The molecular formula is C70H137BrN6O8. The smallest absolute Gasteiger partial charge is 0.333 e. The van der Waals surface area contributed by atoms with Crippen molar-refractivity contribution >= 4 is 29.7 Å². The van der Waals surface area contributed by atoms with Crippen LogP contribution in [0.4, 0.5) is 0 Å². The molecule has 0 saturated carbocycles. The number of likely N-dealkylation sites (N-methyl/N-ethyl adjacent to an activating group) is 2. The Morgan fingerprint density at radius 1 is 0.494 bits per heavy atom. The molecule has 15 heteroatoms. The van der Waals surface area contributed by atoms with Crippen molar-refractivity contribution in [2.75, 3.05) is 109 Å². The maximum atomic E-state index is 10.8. The quantitative estimate of drug-likeness (QED) is 0.0261. The molecule has 0 bridgehead atoms. The van der Waals surface area contributed by atoms with Crippen LogP contribution in [-0.4, -0.2) is 157 Å². The third-order valence-corrected chi connectivity index (χ3v) is 14.1. The molecule has 2 saturated heterocycles. The van der Waals surface area contributed by atoms with Crippen LogP contribution in [0.3, 0.4) is 0 Å². The fourth-order valence-electron chi connectivity index (χ4n) is 8.03. The van der Waals surface area contributed by atoms with E-state index in [1.165, 1.54) is 193 Å². The molecule has 14 nitrogen and oxygen atoms in total. The number of carbonyl (C=O) groups excluding carboxylic acids is 5. The van der Waals surface area contributed by atoms with E-state index in [2.05, 4.69) is 85.6 Å². The first kappa shape index (κ1) is 92.5. The second-order valence-corrected chi connectivity index (χ2v) is 24.5. The lowest BCUT2D eigenvalue weighted by molar-refractivity contribution is -0.838. The van der Waals surface area contributed by atoms with Crippen LogP contribution >= 0.6 is 0 Å². The summed E-state index contributed by atoms with van der Waals surface area (Å²) in [5, 5.41) is 15.2. The predicted octanol–water partition coefficient (Wildman–Crippen LogP) is 11.6. The molecule has 2 aliphatic rings. The van der Waals surface area contributed by atoms with Gasteiger partial charge in [0.05, 0.1) is 59.6 Å². The van der Waals surface area contributed by atoms with E-state index < -0.39 is 5.97 Å². The Labute approximate surface area is 535 Å². The maximum Gasteiger partial charge on any atom is 0.333 e. The number of esters is 2. The van der Waals surface area contributed by atoms with E-state index in [1.54, 1.807) is 13.8 Å². The number of hydrogen-bond donors (Lipinski definition) is 2. The number of quaternary nitrogens is 2. The monoisotopic (exact) mass is 1270 g/mol. The number of aliphatic carboxylic acids is 1. The molecule has 85 heavy (non-hydrogen) atoms. The van der Waals surface area contributed by atoms with Crippen molar-refractivity contribution in [1.82, 2.24) is 20.4 Å². The molecule has 0 aromatic carbocycles. The van der Waals surface area contributed by atoms with Gasteiger partial charge in [-0.1, -0.05) is 201 Å². The number of carboxylic acids is 1. The minimum absolute atomic E-state index is 0. The van der Waals surface area contributed by atoms with E-state index in [0.717, 1.165) is 67.2 Å². The maximum absolute atomic E-state index is 10.8. The summed E-state index contributed by atoms with van der Waals surface area (Å²) < 4.78 is 11.6. The number of halogens is 1. The molecule has 502 valence electrons. The number of nitrogens with zero attached hydrogens (tertiary/aromatic N) is 4. The summed E-state index contributed by atoms with van der Waals surface area (Å²) in [6, 6.07) is 0. The second kappa shape index (κ2) is 67.9. The summed E-state index contributed by atoms with van der Waals surface area (Å²) >= 11 is 0. The van der Waals surface area contributed by atoms with Crippen molar-refractivity contribution in [3.8, 4) is 0 Å². The lowest BCUT2D eigenvalue weighted by Crippen LogP contribution is -3.00. The first-order chi connectivity index (χ1) is 39.8.